The summed E-state index contributed by atoms with van der Waals surface area (Å²) < 4.78 is 19.1. The molecule has 2 rings (SSSR count). The minimum absolute atomic E-state index is 0.0217. The molecular formula is C17H25FN2O2. The maximum absolute atomic E-state index is 14.0. The van der Waals surface area contributed by atoms with Crippen molar-refractivity contribution in [2.24, 2.45) is 0 Å². The van der Waals surface area contributed by atoms with Crippen LogP contribution in [0.2, 0.25) is 0 Å². The van der Waals surface area contributed by atoms with E-state index < -0.39 is 5.82 Å². The smallest absolute Gasteiger partial charge is 0.255 e. The zero-order valence-electron chi connectivity index (χ0n) is 13.6. The molecule has 1 unspecified atom stereocenters. The van der Waals surface area contributed by atoms with Gasteiger partial charge in [-0.3, -0.25) is 9.69 Å². The molecule has 5 heteroatoms. The average Bonchev–Trinajstić information content (AvgIpc) is 2.99. The molecule has 1 aromatic rings. The Bertz CT molecular complexity index is 534. The van der Waals surface area contributed by atoms with Gasteiger partial charge in [-0.1, -0.05) is 13.8 Å². The third-order valence-corrected chi connectivity index (χ3v) is 4.36. The number of likely N-dealkylation sites (N-methyl/N-ethyl adjacent to an activating group) is 1. The molecule has 0 aliphatic carbocycles. The number of nitrogens with one attached hydrogen (secondary N) is 1. The fourth-order valence-electron chi connectivity index (χ4n) is 3.08. The number of amides is 1. The third-order valence-electron chi connectivity index (χ3n) is 4.36. The molecule has 1 aliphatic heterocycles. The highest BCUT2D eigenvalue weighted by Crippen LogP contribution is 2.25. The fraction of sp³-hybridized carbons (Fsp3) is 0.588. The molecule has 122 valence electrons. The van der Waals surface area contributed by atoms with E-state index in [9.17, 15) is 9.18 Å². The molecule has 4 nitrogen and oxygen atoms in total. The molecule has 1 amide bonds. The summed E-state index contributed by atoms with van der Waals surface area (Å²) in [6.45, 7) is 6.72. The molecule has 0 aromatic heterocycles. The average molecular weight is 308 g/mol. The Labute approximate surface area is 131 Å². The zero-order chi connectivity index (χ0) is 16.1. The lowest BCUT2D eigenvalue weighted by atomic mass is 10.1. The molecule has 0 radical (unpaired) electrons. The van der Waals surface area contributed by atoms with E-state index in [1.165, 1.54) is 13.2 Å². The molecule has 1 fully saturated rings. The van der Waals surface area contributed by atoms with Crippen LogP contribution in [0.3, 0.4) is 0 Å². The van der Waals surface area contributed by atoms with E-state index in [4.69, 9.17) is 4.74 Å². The molecule has 1 aromatic carbocycles. The van der Waals surface area contributed by atoms with Crippen LogP contribution in [0.15, 0.2) is 12.1 Å². The van der Waals surface area contributed by atoms with Gasteiger partial charge in [0.1, 0.15) is 0 Å². The SMILES string of the molecule is CCc1cc(F)c(OC)c(C(=O)NCC2CCCN2CC)c1. The molecule has 1 heterocycles. The van der Waals surface area contributed by atoms with E-state index in [0.29, 0.717) is 19.0 Å². The number of ether oxygens (including phenoxy) is 1. The minimum atomic E-state index is -0.483. The van der Waals surface area contributed by atoms with Crippen molar-refractivity contribution in [3.8, 4) is 5.75 Å². The molecule has 0 bridgehead atoms. The Balaban J connectivity index is 2.10. The van der Waals surface area contributed by atoms with Crippen molar-refractivity contribution in [2.75, 3.05) is 26.7 Å². The monoisotopic (exact) mass is 308 g/mol. The summed E-state index contributed by atoms with van der Waals surface area (Å²) in [5.41, 5.74) is 1.07. The van der Waals surface area contributed by atoms with Gasteiger partial charge in [0, 0.05) is 12.6 Å². The summed E-state index contributed by atoms with van der Waals surface area (Å²) in [7, 11) is 1.39. The summed E-state index contributed by atoms with van der Waals surface area (Å²) >= 11 is 0. The first-order chi connectivity index (χ1) is 10.6. The zero-order valence-corrected chi connectivity index (χ0v) is 13.6. The summed E-state index contributed by atoms with van der Waals surface area (Å²) in [5.74, 6) is -0.731. The molecule has 1 atom stereocenters. The van der Waals surface area contributed by atoms with Crippen LogP contribution in [0, 0.1) is 5.82 Å². The highest BCUT2D eigenvalue weighted by Gasteiger charge is 2.24. The second-order valence-corrected chi connectivity index (χ2v) is 5.65. The number of hydrogen-bond acceptors (Lipinski definition) is 3. The Morgan fingerprint density at radius 2 is 2.23 bits per heavy atom. The molecular weight excluding hydrogens is 283 g/mol. The number of likely N-dealkylation sites (tertiary alicyclic amines) is 1. The van der Waals surface area contributed by atoms with Gasteiger partial charge in [0.2, 0.25) is 0 Å². The van der Waals surface area contributed by atoms with Gasteiger partial charge in [-0.15, -0.1) is 0 Å². The molecule has 0 saturated carbocycles. The number of methoxy groups -OCH3 is 1. The van der Waals surface area contributed by atoms with Gasteiger partial charge in [-0.2, -0.15) is 0 Å². The van der Waals surface area contributed by atoms with Crippen LogP contribution in [-0.2, 0) is 6.42 Å². The van der Waals surface area contributed by atoms with E-state index in [2.05, 4.69) is 17.1 Å². The summed E-state index contributed by atoms with van der Waals surface area (Å²) in [4.78, 5) is 14.8. The van der Waals surface area contributed by atoms with Crippen LogP contribution in [-0.4, -0.2) is 43.6 Å². The maximum Gasteiger partial charge on any atom is 0.255 e. The standard InChI is InChI=1S/C17H25FN2O2/c1-4-12-9-14(16(22-3)15(18)10-12)17(21)19-11-13-7-6-8-20(13)5-2/h9-10,13H,4-8,11H2,1-3H3,(H,19,21). The molecule has 1 aliphatic rings. The van der Waals surface area contributed by atoms with Gasteiger partial charge in [0.05, 0.1) is 12.7 Å². The second-order valence-electron chi connectivity index (χ2n) is 5.65. The summed E-state index contributed by atoms with van der Waals surface area (Å²) in [6.07, 6.45) is 2.93. The Morgan fingerprint density at radius 3 is 2.86 bits per heavy atom. The highest BCUT2D eigenvalue weighted by atomic mass is 19.1. The van der Waals surface area contributed by atoms with Crippen molar-refractivity contribution < 1.29 is 13.9 Å². The van der Waals surface area contributed by atoms with Gasteiger partial charge in [0.25, 0.3) is 5.91 Å². The number of rotatable bonds is 6. The first-order valence-electron chi connectivity index (χ1n) is 7.99. The Hall–Kier alpha value is -1.62. The lowest BCUT2D eigenvalue weighted by Crippen LogP contribution is -2.40. The first kappa shape index (κ1) is 16.7. The van der Waals surface area contributed by atoms with E-state index >= 15 is 0 Å². The van der Waals surface area contributed by atoms with Gasteiger partial charge in [-0.25, -0.2) is 4.39 Å². The first-order valence-corrected chi connectivity index (χ1v) is 7.99. The molecule has 0 spiro atoms. The molecule has 1 N–H and O–H groups in total. The number of nitrogens with zero attached hydrogens (tertiary/aromatic N) is 1. The largest absolute Gasteiger partial charge is 0.493 e. The normalized spacial score (nSPS) is 18.5. The van der Waals surface area contributed by atoms with Crippen molar-refractivity contribution in [3.05, 3.63) is 29.1 Å². The van der Waals surface area contributed by atoms with Gasteiger partial charge < -0.3 is 10.1 Å². The fourth-order valence-corrected chi connectivity index (χ4v) is 3.08. The molecule has 22 heavy (non-hydrogen) atoms. The minimum Gasteiger partial charge on any atom is -0.493 e. The highest BCUT2D eigenvalue weighted by molar-refractivity contribution is 5.97. The number of benzene rings is 1. The lowest BCUT2D eigenvalue weighted by molar-refractivity contribution is 0.0937. The third kappa shape index (κ3) is 3.58. The van der Waals surface area contributed by atoms with E-state index in [1.807, 2.05) is 6.92 Å². The number of hydrogen-bond donors (Lipinski definition) is 1. The Kier molecular flexibility index (Phi) is 5.77. The van der Waals surface area contributed by atoms with Gasteiger partial charge >= 0.3 is 0 Å². The number of halogens is 1. The topological polar surface area (TPSA) is 41.6 Å². The lowest BCUT2D eigenvalue weighted by Gasteiger charge is -2.23. The van der Waals surface area contributed by atoms with Crippen molar-refractivity contribution in [2.45, 2.75) is 39.2 Å². The van der Waals surface area contributed by atoms with Crippen LogP contribution in [0.5, 0.6) is 5.75 Å². The van der Waals surface area contributed by atoms with Gasteiger partial charge in [0.15, 0.2) is 11.6 Å². The van der Waals surface area contributed by atoms with Crippen molar-refractivity contribution in [1.29, 1.82) is 0 Å². The van der Waals surface area contributed by atoms with Crippen LogP contribution >= 0.6 is 0 Å². The maximum atomic E-state index is 14.0. The van der Waals surface area contributed by atoms with Crippen molar-refractivity contribution in [1.82, 2.24) is 10.2 Å². The Morgan fingerprint density at radius 1 is 1.45 bits per heavy atom. The predicted molar refractivity (Wildman–Crippen MR) is 84.9 cm³/mol. The van der Waals surface area contributed by atoms with Gasteiger partial charge in [-0.05, 0) is 50.0 Å². The summed E-state index contributed by atoms with van der Waals surface area (Å²) in [5, 5.41) is 2.93. The quantitative estimate of drug-likeness (QED) is 0.878. The number of carbonyl (C=O) groups is 1. The van der Waals surface area contributed by atoms with Crippen LogP contribution in [0.4, 0.5) is 4.39 Å². The van der Waals surface area contributed by atoms with E-state index in [-0.39, 0.29) is 17.2 Å². The van der Waals surface area contributed by atoms with Crippen molar-refractivity contribution in [3.63, 3.8) is 0 Å². The van der Waals surface area contributed by atoms with Crippen LogP contribution in [0.25, 0.3) is 0 Å². The van der Waals surface area contributed by atoms with Crippen LogP contribution < -0.4 is 10.1 Å². The predicted octanol–water partition coefficient (Wildman–Crippen LogP) is 2.61. The number of carbonyl (C=O) groups excluding carboxylic acids is 1. The number of aryl methyl sites for hydroxylation is 1. The summed E-state index contributed by atoms with van der Waals surface area (Å²) in [6, 6.07) is 3.51. The second kappa shape index (κ2) is 7.58. The van der Waals surface area contributed by atoms with E-state index in [1.54, 1.807) is 6.07 Å². The van der Waals surface area contributed by atoms with E-state index in [0.717, 1.165) is 31.5 Å². The molecule has 1 saturated heterocycles. The van der Waals surface area contributed by atoms with Crippen molar-refractivity contribution >= 4 is 5.91 Å². The van der Waals surface area contributed by atoms with Crippen LogP contribution in [0.1, 0.15) is 42.6 Å².